The third-order valence-electron chi connectivity index (χ3n) is 3.88. The molecule has 3 nitrogen and oxygen atoms in total. The smallest absolute Gasteiger partial charge is 0.157 e. The molecule has 1 saturated carbocycles. The molecule has 1 aliphatic carbocycles. The highest BCUT2D eigenvalue weighted by Crippen LogP contribution is 2.40. The summed E-state index contributed by atoms with van der Waals surface area (Å²) < 4.78 is 5.84. The van der Waals surface area contributed by atoms with E-state index < -0.39 is 0 Å². The predicted octanol–water partition coefficient (Wildman–Crippen LogP) is 2.42. The van der Waals surface area contributed by atoms with E-state index in [0.29, 0.717) is 12.1 Å². The zero-order chi connectivity index (χ0) is 11.9. The van der Waals surface area contributed by atoms with E-state index in [1.165, 1.54) is 25.0 Å². The van der Waals surface area contributed by atoms with Gasteiger partial charge in [0.15, 0.2) is 5.17 Å². The number of thioether (sulfide) groups is 1. The van der Waals surface area contributed by atoms with Crippen LogP contribution in [0.25, 0.3) is 0 Å². The fraction of sp³-hybridized carbons (Fsp3) is 0.923. The minimum Gasteiger partial charge on any atom is -0.376 e. The van der Waals surface area contributed by atoms with Crippen molar-refractivity contribution in [3.8, 4) is 0 Å². The standard InChI is InChI=1S/C13H22N2OS/c1-13(2)6-8-17-12(15-13)14-10-5-7-16-11(10)9-3-4-9/h9-11H,3-8H2,1-2H3,(H,14,15). The molecule has 3 fully saturated rings. The van der Waals surface area contributed by atoms with E-state index in [-0.39, 0.29) is 5.54 Å². The number of nitrogens with one attached hydrogen (secondary N) is 1. The second-order valence-corrected chi connectivity index (χ2v) is 7.15. The van der Waals surface area contributed by atoms with Gasteiger partial charge in [0, 0.05) is 17.9 Å². The van der Waals surface area contributed by atoms with Crippen molar-refractivity contribution in [3.63, 3.8) is 0 Å². The van der Waals surface area contributed by atoms with Crippen LogP contribution in [0.2, 0.25) is 0 Å². The lowest BCUT2D eigenvalue weighted by atomic mass is 10.0. The molecular weight excluding hydrogens is 232 g/mol. The van der Waals surface area contributed by atoms with Gasteiger partial charge < -0.3 is 10.1 Å². The topological polar surface area (TPSA) is 33.6 Å². The first-order valence-electron chi connectivity index (χ1n) is 6.74. The van der Waals surface area contributed by atoms with Gasteiger partial charge in [-0.2, -0.15) is 0 Å². The molecule has 0 aromatic carbocycles. The van der Waals surface area contributed by atoms with E-state index >= 15 is 0 Å². The Morgan fingerprint density at radius 3 is 2.88 bits per heavy atom. The van der Waals surface area contributed by atoms with Crippen LogP contribution in [0, 0.1) is 5.92 Å². The summed E-state index contributed by atoms with van der Waals surface area (Å²) >= 11 is 1.87. The van der Waals surface area contributed by atoms with Crippen molar-refractivity contribution in [1.29, 1.82) is 0 Å². The molecule has 0 radical (unpaired) electrons. The Labute approximate surface area is 108 Å². The first kappa shape index (κ1) is 11.8. The minimum absolute atomic E-state index is 0.207. The summed E-state index contributed by atoms with van der Waals surface area (Å²) in [4.78, 5) is 4.92. The highest BCUT2D eigenvalue weighted by Gasteiger charge is 2.41. The lowest BCUT2D eigenvalue weighted by Crippen LogP contribution is -2.46. The molecule has 0 spiro atoms. The van der Waals surface area contributed by atoms with E-state index in [2.05, 4.69) is 19.2 Å². The number of nitrogens with zero attached hydrogens (tertiary/aromatic N) is 1. The van der Waals surface area contributed by atoms with Crippen molar-refractivity contribution < 1.29 is 4.74 Å². The van der Waals surface area contributed by atoms with E-state index in [0.717, 1.165) is 24.1 Å². The highest BCUT2D eigenvalue weighted by molar-refractivity contribution is 8.13. The van der Waals surface area contributed by atoms with Crippen LogP contribution < -0.4 is 5.32 Å². The van der Waals surface area contributed by atoms with E-state index in [4.69, 9.17) is 9.73 Å². The summed E-state index contributed by atoms with van der Waals surface area (Å²) in [5.41, 5.74) is 0.207. The zero-order valence-corrected chi connectivity index (χ0v) is 11.6. The second kappa shape index (κ2) is 4.47. The Balaban J connectivity index is 1.67. The number of hydrogen-bond donors (Lipinski definition) is 1. The maximum absolute atomic E-state index is 5.84. The third kappa shape index (κ3) is 2.79. The minimum atomic E-state index is 0.207. The molecule has 2 atom stereocenters. The van der Waals surface area contributed by atoms with Gasteiger partial charge >= 0.3 is 0 Å². The summed E-state index contributed by atoms with van der Waals surface area (Å²) in [5, 5.41) is 4.70. The maximum Gasteiger partial charge on any atom is 0.157 e. The summed E-state index contributed by atoms with van der Waals surface area (Å²) in [5.74, 6) is 1.98. The SMILES string of the molecule is CC1(C)CCSC(=NC2CCOC2C2CC2)N1. The van der Waals surface area contributed by atoms with Crippen LogP contribution in [0.3, 0.4) is 0 Å². The van der Waals surface area contributed by atoms with Gasteiger partial charge in [-0.3, -0.25) is 4.99 Å². The molecule has 4 heteroatoms. The first-order valence-corrected chi connectivity index (χ1v) is 7.73. The summed E-state index contributed by atoms with van der Waals surface area (Å²) in [6.45, 7) is 5.41. The third-order valence-corrected chi connectivity index (χ3v) is 4.77. The molecule has 2 unspecified atom stereocenters. The van der Waals surface area contributed by atoms with Crippen molar-refractivity contribution >= 4 is 16.9 Å². The number of aliphatic imine (C=N–C) groups is 1. The van der Waals surface area contributed by atoms with Gasteiger partial charge in [-0.05, 0) is 45.4 Å². The maximum atomic E-state index is 5.84. The van der Waals surface area contributed by atoms with Crippen LogP contribution >= 0.6 is 11.8 Å². The number of rotatable bonds is 2. The van der Waals surface area contributed by atoms with E-state index in [9.17, 15) is 0 Å². The second-order valence-electron chi connectivity index (χ2n) is 6.07. The lowest BCUT2D eigenvalue weighted by molar-refractivity contribution is 0.0875. The first-order chi connectivity index (χ1) is 8.14. The van der Waals surface area contributed by atoms with Crippen LogP contribution in [-0.4, -0.2) is 35.2 Å². The van der Waals surface area contributed by atoms with Crippen LogP contribution in [0.15, 0.2) is 4.99 Å². The monoisotopic (exact) mass is 254 g/mol. The van der Waals surface area contributed by atoms with E-state index in [1.807, 2.05) is 11.8 Å². The van der Waals surface area contributed by atoms with Crippen molar-refractivity contribution in [2.75, 3.05) is 12.4 Å². The van der Waals surface area contributed by atoms with Gasteiger partial charge in [0.1, 0.15) is 0 Å². The Kier molecular flexibility index (Phi) is 3.11. The van der Waals surface area contributed by atoms with Crippen molar-refractivity contribution in [2.45, 2.75) is 57.2 Å². The fourth-order valence-corrected chi connectivity index (χ4v) is 3.99. The van der Waals surface area contributed by atoms with Gasteiger partial charge in [0.2, 0.25) is 0 Å². The summed E-state index contributed by atoms with van der Waals surface area (Å²) in [6, 6.07) is 0.409. The average Bonchev–Trinajstić information content (AvgIpc) is 2.99. The molecule has 3 aliphatic rings. The molecule has 0 amide bonds. The molecule has 2 heterocycles. The van der Waals surface area contributed by atoms with Gasteiger partial charge in [-0.15, -0.1) is 0 Å². The van der Waals surface area contributed by atoms with Crippen LogP contribution in [0.1, 0.15) is 39.5 Å². The van der Waals surface area contributed by atoms with Gasteiger partial charge in [0.05, 0.1) is 12.1 Å². The molecule has 0 aromatic heterocycles. The van der Waals surface area contributed by atoms with Gasteiger partial charge in [-0.1, -0.05) is 11.8 Å². The highest BCUT2D eigenvalue weighted by atomic mass is 32.2. The Morgan fingerprint density at radius 1 is 1.35 bits per heavy atom. The van der Waals surface area contributed by atoms with E-state index in [1.54, 1.807) is 0 Å². The van der Waals surface area contributed by atoms with Crippen molar-refractivity contribution in [1.82, 2.24) is 5.32 Å². The van der Waals surface area contributed by atoms with Gasteiger partial charge in [-0.25, -0.2) is 0 Å². The number of hydrogen-bond acceptors (Lipinski definition) is 3. The summed E-state index contributed by atoms with van der Waals surface area (Å²) in [7, 11) is 0. The molecule has 1 N–H and O–H groups in total. The molecule has 3 rings (SSSR count). The van der Waals surface area contributed by atoms with Crippen LogP contribution in [-0.2, 0) is 4.74 Å². The van der Waals surface area contributed by atoms with Crippen molar-refractivity contribution in [3.05, 3.63) is 0 Å². The number of amidine groups is 1. The lowest BCUT2D eigenvalue weighted by Gasteiger charge is -2.33. The zero-order valence-electron chi connectivity index (χ0n) is 10.7. The Morgan fingerprint density at radius 2 is 2.18 bits per heavy atom. The fourth-order valence-electron chi connectivity index (χ4n) is 2.62. The molecule has 2 aliphatic heterocycles. The van der Waals surface area contributed by atoms with Gasteiger partial charge in [0.25, 0.3) is 0 Å². The molecule has 96 valence electrons. The quantitative estimate of drug-likeness (QED) is 0.821. The predicted molar refractivity (Wildman–Crippen MR) is 72.6 cm³/mol. The molecule has 17 heavy (non-hydrogen) atoms. The Bertz CT molecular complexity index is 325. The average molecular weight is 254 g/mol. The van der Waals surface area contributed by atoms with Crippen LogP contribution in [0.5, 0.6) is 0 Å². The Hall–Kier alpha value is -0.220. The molecule has 0 aromatic rings. The van der Waals surface area contributed by atoms with Crippen LogP contribution in [0.4, 0.5) is 0 Å². The molecule has 2 saturated heterocycles. The number of ether oxygens (including phenoxy) is 1. The normalized spacial score (nSPS) is 39.3. The largest absolute Gasteiger partial charge is 0.376 e. The molecule has 0 bridgehead atoms. The molecular formula is C13H22N2OS. The summed E-state index contributed by atoms with van der Waals surface area (Å²) in [6.07, 6.45) is 5.42. The van der Waals surface area contributed by atoms with Crippen molar-refractivity contribution in [2.24, 2.45) is 10.9 Å².